The molecule has 0 amide bonds. The molecule has 0 atom stereocenters. The second kappa shape index (κ2) is 8.62. The Balaban J connectivity index is 1.92. The highest BCUT2D eigenvalue weighted by Gasteiger charge is 2.07. The van der Waals surface area contributed by atoms with Gasteiger partial charge in [0.1, 0.15) is 0 Å². The molecule has 124 valence electrons. The van der Waals surface area contributed by atoms with Gasteiger partial charge in [-0.1, -0.05) is 12.1 Å². The van der Waals surface area contributed by atoms with E-state index in [9.17, 15) is 8.78 Å². The molecular weight excluding hydrogens is 316 g/mol. The van der Waals surface area contributed by atoms with Crippen LogP contribution in [0, 0.1) is 18.6 Å². The van der Waals surface area contributed by atoms with Crippen LogP contribution in [0.5, 0.6) is 0 Å². The Labute approximate surface area is 139 Å². The van der Waals surface area contributed by atoms with Gasteiger partial charge in [0.25, 0.3) is 0 Å². The third-order valence-electron chi connectivity index (χ3n) is 3.41. The van der Waals surface area contributed by atoms with E-state index in [1.807, 2.05) is 12.3 Å². The van der Waals surface area contributed by atoms with Crippen LogP contribution in [0.2, 0.25) is 0 Å². The van der Waals surface area contributed by atoms with Crippen LogP contribution in [-0.2, 0) is 13.0 Å². The quantitative estimate of drug-likeness (QED) is 0.624. The minimum absolute atomic E-state index is 0.363. The van der Waals surface area contributed by atoms with Crippen molar-refractivity contribution in [3.63, 3.8) is 0 Å². The number of rotatable bonds is 6. The molecule has 6 heteroatoms. The maximum absolute atomic E-state index is 13.6. The number of guanidine groups is 1. The summed E-state index contributed by atoms with van der Waals surface area (Å²) in [5.41, 5.74) is 1.60. The van der Waals surface area contributed by atoms with Crippen molar-refractivity contribution in [3.8, 4) is 0 Å². The fraction of sp³-hybridized carbons (Fsp3) is 0.353. The normalized spacial score (nSPS) is 11.6. The zero-order valence-electron chi connectivity index (χ0n) is 13.3. The highest BCUT2D eigenvalue weighted by Crippen LogP contribution is 2.16. The van der Waals surface area contributed by atoms with Crippen molar-refractivity contribution in [1.29, 1.82) is 0 Å². The average molecular weight is 337 g/mol. The first-order valence-electron chi connectivity index (χ1n) is 7.59. The first-order valence-corrected chi connectivity index (χ1v) is 8.47. The number of aliphatic imine (C=N–C) groups is 1. The summed E-state index contributed by atoms with van der Waals surface area (Å²) < 4.78 is 26.8. The summed E-state index contributed by atoms with van der Waals surface area (Å²) in [6.45, 7) is 5.88. The number of thiophene rings is 1. The number of halogens is 2. The summed E-state index contributed by atoms with van der Waals surface area (Å²) in [4.78, 5) is 5.75. The van der Waals surface area contributed by atoms with E-state index in [1.165, 1.54) is 16.5 Å². The smallest absolute Gasteiger partial charge is 0.191 e. The second-order valence-electron chi connectivity index (χ2n) is 5.11. The Bertz CT molecular complexity index is 668. The molecule has 0 radical (unpaired) electrons. The van der Waals surface area contributed by atoms with Gasteiger partial charge in [-0.3, -0.25) is 0 Å². The van der Waals surface area contributed by atoms with Crippen molar-refractivity contribution in [2.24, 2.45) is 4.99 Å². The van der Waals surface area contributed by atoms with Crippen molar-refractivity contribution in [1.82, 2.24) is 10.6 Å². The van der Waals surface area contributed by atoms with Gasteiger partial charge in [-0.05, 0) is 48.9 Å². The Morgan fingerprint density at radius 3 is 2.74 bits per heavy atom. The molecule has 2 N–H and O–H groups in total. The monoisotopic (exact) mass is 337 g/mol. The lowest BCUT2D eigenvalue weighted by Gasteiger charge is -2.11. The molecular formula is C17H21F2N3S. The van der Waals surface area contributed by atoms with E-state index in [0.717, 1.165) is 12.6 Å². The fourth-order valence-electron chi connectivity index (χ4n) is 2.12. The molecule has 0 fully saturated rings. The van der Waals surface area contributed by atoms with Gasteiger partial charge in [0.2, 0.25) is 0 Å². The first-order chi connectivity index (χ1) is 11.1. The van der Waals surface area contributed by atoms with Crippen molar-refractivity contribution >= 4 is 17.3 Å². The zero-order valence-corrected chi connectivity index (χ0v) is 14.1. The molecule has 0 saturated heterocycles. The molecule has 0 unspecified atom stereocenters. The van der Waals surface area contributed by atoms with Gasteiger partial charge in [-0.2, -0.15) is 0 Å². The van der Waals surface area contributed by atoms with Crippen LogP contribution in [0.1, 0.15) is 22.9 Å². The molecule has 23 heavy (non-hydrogen) atoms. The SMILES string of the molecule is CCNC(=NCc1sccc1C)NCCc1cccc(F)c1F. The van der Waals surface area contributed by atoms with Crippen LogP contribution in [0.3, 0.4) is 0 Å². The lowest BCUT2D eigenvalue weighted by Crippen LogP contribution is -2.38. The number of benzene rings is 1. The van der Waals surface area contributed by atoms with Crippen molar-refractivity contribution in [2.45, 2.75) is 26.8 Å². The summed E-state index contributed by atoms with van der Waals surface area (Å²) in [7, 11) is 0. The zero-order chi connectivity index (χ0) is 16.7. The summed E-state index contributed by atoms with van der Waals surface area (Å²) in [5, 5.41) is 8.35. The van der Waals surface area contributed by atoms with Crippen LogP contribution in [-0.4, -0.2) is 19.0 Å². The van der Waals surface area contributed by atoms with Gasteiger partial charge >= 0.3 is 0 Å². The van der Waals surface area contributed by atoms with Gasteiger partial charge in [0, 0.05) is 18.0 Å². The molecule has 2 rings (SSSR count). The molecule has 0 spiro atoms. The molecule has 0 bridgehead atoms. The maximum Gasteiger partial charge on any atom is 0.191 e. The summed E-state index contributed by atoms with van der Waals surface area (Å²) in [5.74, 6) is -0.904. The van der Waals surface area contributed by atoms with E-state index in [4.69, 9.17) is 0 Å². The summed E-state index contributed by atoms with van der Waals surface area (Å²) in [6, 6.07) is 6.32. The lowest BCUT2D eigenvalue weighted by atomic mass is 10.1. The fourth-order valence-corrected chi connectivity index (χ4v) is 2.95. The van der Waals surface area contributed by atoms with Crippen molar-refractivity contribution in [3.05, 3.63) is 57.3 Å². The number of nitrogens with zero attached hydrogens (tertiary/aromatic N) is 1. The molecule has 1 heterocycles. The maximum atomic E-state index is 13.6. The van der Waals surface area contributed by atoms with E-state index in [-0.39, 0.29) is 0 Å². The molecule has 0 aliphatic heterocycles. The topological polar surface area (TPSA) is 36.4 Å². The molecule has 1 aromatic heterocycles. The van der Waals surface area contributed by atoms with Crippen LogP contribution in [0.25, 0.3) is 0 Å². The van der Waals surface area contributed by atoms with E-state index >= 15 is 0 Å². The van der Waals surface area contributed by atoms with Gasteiger partial charge < -0.3 is 10.6 Å². The standard InChI is InChI=1S/C17H21F2N3S/c1-3-20-17(22-11-15-12(2)8-10-23-15)21-9-7-13-5-4-6-14(18)16(13)19/h4-6,8,10H,3,7,9,11H2,1-2H3,(H2,20,21,22). The molecule has 0 saturated carbocycles. The number of hydrogen-bond donors (Lipinski definition) is 2. The molecule has 2 aromatic rings. The average Bonchev–Trinajstić information content (AvgIpc) is 2.94. The minimum atomic E-state index is -0.809. The van der Waals surface area contributed by atoms with Crippen LogP contribution in [0.15, 0.2) is 34.6 Å². The van der Waals surface area contributed by atoms with Crippen molar-refractivity contribution < 1.29 is 8.78 Å². The molecule has 0 aliphatic rings. The van der Waals surface area contributed by atoms with E-state index in [2.05, 4.69) is 28.6 Å². The van der Waals surface area contributed by atoms with Gasteiger partial charge in [0.15, 0.2) is 17.6 Å². The lowest BCUT2D eigenvalue weighted by molar-refractivity contribution is 0.498. The Morgan fingerprint density at radius 2 is 2.04 bits per heavy atom. The third-order valence-corrected chi connectivity index (χ3v) is 4.42. The predicted octanol–water partition coefficient (Wildman–Crippen LogP) is 3.63. The van der Waals surface area contributed by atoms with Crippen LogP contribution < -0.4 is 10.6 Å². The molecule has 3 nitrogen and oxygen atoms in total. The summed E-state index contributed by atoms with van der Waals surface area (Å²) >= 11 is 1.68. The van der Waals surface area contributed by atoms with Crippen molar-refractivity contribution in [2.75, 3.05) is 13.1 Å². The highest BCUT2D eigenvalue weighted by atomic mass is 32.1. The van der Waals surface area contributed by atoms with E-state index in [0.29, 0.717) is 31.0 Å². The highest BCUT2D eigenvalue weighted by molar-refractivity contribution is 7.10. The van der Waals surface area contributed by atoms with Crippen LogP contribution >= 0.6 is 11.3 Å². The predicted molar refractivity (Wildman–Crippen MR) is 91.9 cm³/mol. The minimum Gasteiger partial charge on any atom is -0.357 e. The van der Waals surface area contributed by atoms with Crippen LogP contribution in [0.4, 0.5) is 8.78 Å². The number of hydrogen-bond acceptors (Lipinski definition) is 2. The van der Waals surface area contributed by atoms with Gasteiger partial charge in [-0.25, -0.2) is 13.8 Å². The van der Waals surface area contributed by atoms with Gasteiger partial charge in [0.05, 0.1) is 6.54 Å². The van der Waals surface area contributed by atoms with Gasteiger partial charge in [-0.15, -0.1) is 11.3 Å². The Kier molecular flexibility index (Phi) is 6.52. The molecule has 1 aromatic carbocycles. The first kappa shape index (κ1) is 17.4. The van der Waals surface area contributed by atoms with E-state index in [1.54, 1.807) is 17.4 Å². The largest absolute Gasteiger partial charge is 0.357 e. The Hall–Kier alpha value is -1.95. The molecule has 0 aliphatic carbocycles. The Morgan fingerprint density at radius 1 is 1.22 bits per heavy atom. The second-order valence-corrected chi connectivity index (χ2v) is 6.11. The number of nitrogens with one attached hydrogen (secondary N) is 2. The summed E-state index contributed by atoms with van der Waals surface area (Å²) in [6.07, 6.45) is 0.395. The van der Waals surface area contributed by atoms with E-state index < -0.39 is 11.6 Å². The third kappa shape index (κ3) is 5.03. The number of aryl methyl sites for hydroxylation is 1.